The number of aliphatic hydroxyl groups excluding tert-OH is 1. The van der Waals surface area contributed by atoms with Crippen molar-refractivity contribution >= 4 is 24.5 Å². The lowest BCUT2D eigenvalue weighted by Gasteiger charge is -2.30. The van der Waals surface area contributed by atoms with Gasteiger partial charge < -0.3 is 15.1 Å². The molecule has 1 aliphatic rings. The van der Waals surface area contributed by atoms with Crippen molar-refractivity contribution in [1.29, 1.82) is 0 Å². The molecule has 1 heterocycles. The number of hydrogen-bond donors (Lipinski definition) is 3. The number of amides is 1. The standard InChI is InChI=1S/C14H17NO4S/c16-12-7-10(20)8-15(12)11(13(17)14(18)19)6-9-4-2-1-3-5-9/h1-5,10-11,13,17,20H,6-8H2,(H,18,19)/t10?,11-,13+/m1/s1. The number of carbonyl (C=O) groups is 2. The van der Waals surface area contributed by atoms with E-state index < -0.39 is 18.1 Å². The Morgan fingerprint density at radius 2 is 2.05 bits per heavy atom. The summed E-state index contributed by atoms with van der Waals surface area (Å²) in [5.74, 6) is -1.48. The van der Waals surface area contributed by atoms with Gasteiger partial charge in [-0.25, -0.2) is 4.79 Å². The zero-order chi connectivity index (χ0) is 14.7. The normalized spacial score (nSPS) is 21.8. The summed E-state index contributed by atoms with van der Waals surface area (Å²) in [6.07, 6.45) is -1.01. The summed E-state index contributed by atoms with van der Waals surface area (Å²) in [6, 6.07) is 8.47. The van der Waals surface area contributed by atoms with Gasteiger partial charge in [0.05, 0.1) is 6.04 Å². The molecule has 5 nitrogen and oxygen atoms in total. The molecule has 20 heavy (non-hydrogen) atoms. The van der Waals surface area contributed by atoms with Crippen LogP contribution in [0.25, 0.3) is 0 Å². The zero-order valence-electron chi connectivity index (χ0n) is 10.8. The third-order valence-electron chi connectivity index (χ3n) is 3.44. The summed E-state index contributed by atoms with van der Waals surface area (Å²) in [5, 5.41) is 18.8. The number of rotatable bonds is 5. The van der Waals surface area contributed by atoms with Crippen LogP contribution in [0, 0.1) is 0 Å². The van der Waals surface area contributed by atoms with Gasteiger partial charge in [0.25, 0.3) is 0 Å². The average Bonchev–Trinajstić information content (AvgIpc) is 2.75. The zero-order valence-corrected chi connectivity index (χ0v) is 11.7. The molecule has 0 bridgehead atoms. The smallest absolute Gasteiger partial charge is 0.334 e. The summed E-state index contributed by atoms with van der Waals surface area (Å²) < 4.78 is 0. The van der Waals surface area contributed by atoms with E-state index in [4.69, 9.17) is 5.11 Å². The van der Waals surface area contributed by atoms with Gasteiger partial charge in [-0.05, 0) is 12.0 Å². The Kier molecular flexibility index (Phi) is 4.67. The molecule has 1 amide bonds. The maximum Gasteiger partial charge on any atom is 0.334 e. The topological polar surface area (TPSA) is 77.8 Å². The number of carboxylic acids is 1. The van der Waals surface area contributed by atoms with Crippen LogP contribution in [-0.4, -0.2) is 50.9 Å². The first-order chi connectivity index (χ1) is 9.49. The monoisotopic (exact) mass is 295 g/mol. The molecule has 1 aromatic carbocycles. The Bertz CT molecular complexity index is 493. The SMILES string of the molecule is O=C(O)[C@@H](O)[C@@H](Cc1ccccc1)N1CC(S)CC1=O. The molecule has 1 fully saturated rings. The summed E-state index contributed by atoms with van der Waals surface area (Å²) in [5.41, 5.74) is 0.883. The quantitative estimate of drug-likeness (QED) is 0.694. The van der Waals surface area contributed by atoms with Crippen LogP contribution in [0.1, 0.15) is 12.0 Å². The van der Waals surface area contributed by atoms with Crippen molar-refractivity contribution in [3.8, 4) is 0 Å². The minimum Gasteiger partial charge on any atom is -0.479 e. The lowest BCUT2D eigenvalue weighted by atomic mass is 10.00. The predicted octanol–water partition coefficient (Wildman–Crippen LogP) is 0.574. The molecule has 1 aliphatic heterocycles. The van der Waals surface area contributed by atoms with E-state index in [-0.39, 0.29) is 17.6 Å². The number of nitrogens with zero attached hydrogens (tertiary/aromatic N) is 1. The van der Waals surface area contributed by atoms with E-state index in [2.05, 4.69) is 12.6 Å². The van der Waals surface area contributed by atoms with Crippen molar-refractivity contribution in [2.75, 3.05) is 6.54 Å². The van der Waals surface area contributed by atoms with Crippen molar-refractivity contribution < 1.29 is 19.8 Å². The van der Waals surface area contributed by atoms with Crippen LogP contribution >= 0.6 is 12.6 Å². The Morgan fingerprint density at radius 1 is 1.40 bits per heavy atom. The second-order valence-electron chi connectivity index (χ2n) is 4.94. The molecule has 1 aromatic rings. The van der Waals surface area contributed by atoms with Crippen molar-refractivity contribution in [1.82, 2.24) is 4.90 Å². The van der Waals surface area contributed by atoms with E-state index in [9.17, 15) is 14.7 Å². The predicted molar refractivity (Wildman–Crippen MR) is 76.7 cm³/mol. The van der Waals surface area contributed by atoms with Gasteiger partial charge in [-0.1, -0.05) is 30.3 Å². The van der Waals surface area contributed by atoms with Crippen LogP contribution in [0.4, 0.5) is 0 Å². The number of likely N-dealkylation sites (tertiary alicyclic amines) is 1. The molecule has 108 valence electrons. The second-order valence-corrected chi connectivity index (χ2v) is 5.67. The molecular weight excluding hydrogens is 278 g/mol. The van der Waals surface area contributed by atoms with Crippen LogP contribution in [0.2, 0.25) is 0 Å². The highest BCUT2D eigenvalue weighted by Gasteiger charge is 2.38. The fourth-order valence-corrected chi connectivity index (χ4v) is 2.78. The van der Waals surface area contributed by atoms with Gasteiger partial charge in [0.2, 0.25) is 5.91 Å². The fourth-order valence-electron chi connectivity index (χ4n) is 2.45. The number of aliphatic carboxylic acids is 1. The molecule has 2 N–H and O–H groups in total. The highest BCUT2D eigenvalue weighted by molar-refractivity contribution is 7.81. The summed E-state index contributed by atoms with van der Waals surface area (Å²) >= 11 is 4.26. The average molecular weight is 295 g/mol. The molecule has 2 rings (SSSR count). The summed E-state index contributed by atoms with van der Waals surface area (Å²) in [7, 11) is 0. The van der Waals surface area contributed by atoms with Gasteiger partial charge in [0, 0.05) is 18.2 Å². The lowest BCUT2D eigenvalue weighted by molar-refractivity contribution is -0.152. The van der Waals surface area contributed by atoms with Crippen LogP contribution in [0.15, 0.2) is 30.3 Å². The fraction of sp³-hybridized carbons (Fsp3) is 0.429. The molecule has 0 radical (unpaired) electrons. The Hall–Kier alpha value is -1.53. The molecule has 0 spiro atoms. The number of benzene rings is 1. The molecule has 0 aromatic heterocycles. The van der Waals surface area contributed by atoms with E-state index in [1.807, 2.05) is 30.3 Å². The van der Waals surface area contributed by atoms with Gasteiger partial charge in [-0.3, -0.25) is 4.79 Å². The molecule has 0 aliphatic carbocycles. The van der Waals surface area contributed by atoms with Crippen LogP contribution < -0.4 is 0 Å². The molecule has 3 atom stereocenters. The van der Waals surface area contributed by atoms with E-state index >= 15 is 0 Å². The van der Waals surface area contributed by atoms with Crippen LogP contribution in [0.3, 0.4) is 0 Å². The van der Waals surface area contributed by atoms with Crippen LogP contribution in [-0.2, 0) is 16.0 Å². The minimum absolute atomic E-state index is 0.109. The first kappa shape index (κ1) is 14.9. The molecule has 1 saturated heterocycles. The number of carboxylic acid groups (broad SMARTS) is 1. The van der Waals surface area contributed by atoms with Gasteiger partial charge in [-0.2, -0.15) is 12.6 Å². The van der Waals surface area contributed by atoms with Gasteiger partial charge in [-0.15, -0.1) is 0 Å². The first-order valence-electron chi connectivity index (χ1n) is 6.41. The van der Waals surface area contributed by atoms with Crippen molar-refractivity contribution in [3.05, 3.63) is 35.9 Å². The number of thiol groups is 1. The number of aliphatic hydroxyl groups is 1. The second kappa shape index (κ2) is 6.28. The van der Waals surface area contributed by atoms with Crippen LogP contribution in [0.5, 0.6) is 0 Å². The minimum atomic E-state index is -1.60. The Balaban J connectivity index is 2.21. The molecular formula is C14H17NO4S. The number of hydrogen-bond acceptors (Lipinski definition) is 4. The van der Waals surface area contributed by atoms with E-state index in [0.717, 1.165) is 5.56 Å². The Morgan fingerprint density at radius 3 is 2.55 bits per heavy atom. The highest BCUT2D eigenvalue weighted by atomic mass is 32.1. The lowest BCUT2D eigenvalue weighted by Crippen LogP contribution is -2.49. The third-order valence-corrected chi connectivity index (χ3v) is 3.79. The van der Waals surface area contributed by atoms with E-state index in [1.165, 1.54) is 4.90 Å². The largest absolute Gasteiger partial charge is 0.479 e. The van der Waals surface area contributed by atoms with Crippen molar-refractivity contribution in [2.24, 2.45) is 0 Å². The molecule has 6 heteroatoms. The summed E-state index contributed by atoms with van der Waals surface area (Å²) in [6.45, 7) is 0.365. The Labute approximate surface area is 122 Å². The highest BCUT2D eigenvalue weighted by Crippen LogP contribution is 2.22. The van der Waals surface area contributed by atoms with Crippen molar-refractivity contribution in [2.45, 2.75) is 30.2 Å². The molecule has 0 saturated carbocycles. The third kappa shape index (κ3) is 3.32. The van der Waals surface area contributed by atoms with E-state index in [0.29, 0.717) is 13.0 Å². The molecule has 1 unspecified atom stereocenters. The maximum absolute atomic E-state index is 11.9. The van der Waals surface area contributed by atoms with Gasteiger partial charge in [0.1, 0.15) is 0 Å². The first-order valence-corrected chi connectivity index (χ1v) is 6.93. The van der Waals surface area contributed by atoms with Gasteiger partial charge in [0.15, 0.2) is 6.10 Å². The number of carbonyl (C=O) groups excluding carboxylic acids is 1. The maximum atomic E-state index is 11.9. The van der Waals surface area contributed by atoms with Crippen molar-refractivity contribution in [3.63, 3.8) is 0 Å². The van der Waals surface area contributed by atoms with Gasteiger partial charge >= 0.3 is 5.97 Å². The summed E-state index contributed by atoms with van der Waals surface area (Å²) in [4.78, 5) is 24.4. The van der Waals surface area contributed by atoms with E-state index in [1.54, 1.807) is 0 Å².